The van der Waals surface area contributed by atoms with Gasteiger partial charge < -0.3 is 9.90 Å². The van der Waals surface area contributed by atoms with Crippen LogP contribution in [0.4, 0.5) is 0 Å². The lowest BCUT2D eigenvalue weighted by atomic mass is 10.1. The summed E-state index contributed by atoms with van der Waals surface area (Å²) in [5.74, 6) is -0.913. The molecule has 0 aromatic rings. The Morgan fingerprint density at radius 3 is 1.18 bits per heavy atom. The number of rotatable bonds is 24. The predicted molar refractivity (Wildman–Crippen MR) is 149 cm³/mol. The third-order valence-electron chi connectivity index (χ3n) is 5.60. The average molecular weight is 468 g/mol. The Hall–Kier alpha value is -2.09. The van der Waals surface area contributed by atoms with Crippen molar-refractivity contribution in [2.45, 2.75) is 122 Å². The van der Waals surface area contributed by atoms with E-state index in [9.17, 15) is 9.90 Å². The van der Waals surface area contributed by atoms with Gasteiger partial charge in [0.05, 0.1) is 0 Å². The van der Waals surface area contributed by atoms with Crippen molar-refractivity contribution in [2.75, 3.05) is 0 Å². The highest BCUT2D eigenvalue weighted by Gasteiger charge is 1.93. The van der Waals surface area contributed by atoms with Gasteiger partial charge in [-0.2, -0.15) is 0 Å². The van der Waals surface area contributed by atoms with Crippen LogP contribution in [0, 0.1) is 0 Å². The van der Waals surface area contributed by atoms with Crippen LogP contribution < -0.4 is 5.11 Å². The minimum atomic E-state index is -0.913. The maximum absolute atomic E-state index is 10.3. The molecule has 0 aromatic carbocycles. The second kappa shape index (κ2) is 28.9. The number of carbonyl (C=O) groups is 1. The summed E-state index contributed by atoms with van der Waals surface area (Å²) in [5.41, 5.74) is 0. The van der Waals surface area contributed by atoms with Gasteiger partial charge >= 0.3 is 0 Å². The standard InChI is InChI=1S/C32H52O2/c1-2-3-4-5-6-7-8-9-10-11-12-13-14-15-16-17-18-19-20-21-22-23-24-25-26-27-28-29-30-31-32(33)34/h3-4,6-7,9-10,12-13,15-16,18-19H,2,5,8,11,14,17,20-31H2,1H3,(H,33,34)/p-1/b4-3-,7-6-,10-9-,13-12-,16-15-,19-18-. The van der Waals surface area contributed by atoms with E-state index in [0.29, 0.717) is 0 Å². The number of hydrogen-bond acceptors (Lipinski definition) is 2. The molecule has 34 heavy (non-hydrogen) atoms. The SMILES string of the molecule is CC/C=C\C/C=C\C/C=C\C/C=C\C/C=C\C/C=C\CCCCCCCCCCCCC(=O)[O-]. The van der Waals surface area contributed by atoms with E-state index in [-0.39, 0.29) is 6.42 Å². The Labute approximate surface area is 211 Å². The highest BCUT2D eigenvalue weighted by molar-refractivity contribution is 5.64. The number of hydrogen-bond donors (Lipinski definition) is 0. The first-order valence-corrected chi connectivity index (χ1v) is 13.9. The van der Waals surface area contributed by atoms with E-state index >= 15 is 0 Å². The Morgan fingerprint density at radius 1 is 0.471 bits per heavy atom. The van der Waals surface area contributed by atoms with Crippen LogP contribution >= 0.6 is 0 Å². The molecule has 0 saturated carbocycles. The lowest BCUT2D eigenvalue weighted by Gasteiger charge is -2.03. The molecule has 192 valence electrons. The number of aliphatic carboxylic acids is 1. The van der Waals surface area contributed by atoms with Gasteiger partial charge in [-0.3, -0.25) is 0 Å². The van der Waals surface area contributed by atoms with Crippen LogP contribution in [-0.4, -0.2) is 5.97 Å². The number of carbonyl (C=O) groups excluding carboxylic acids is 1. The quantitative estimate of drug-likeness (QED) is 0.105. The summed E-state index contributed by atoms with van der Waals surface area (Å²) in [5, 5.41) is 10.3. The summed E-state index contributed by atoms with van der Waals surface area (Å²) >= 11 is 0. The topological polar surface area (TPSA) is 40.1 Å². The van der Waals surface area contributed by atoms with Crippen LogP contribution in [-0.2, 0) is 4.79 Å². The number of carboxylic acids is 1. The van der Waals surface area contributed by atoms with Crippen molar-refractivity contribution in [3.8, 4) is 0 Å². The van der Waals surface area contributed by atoms with Crippen molar-refractivity contribution in [1.29, 1.82) is 0 Å². The normalized spacial score (nSPS) is 12.7. The summed E-state index contributed by atoms with van der Waals surface area (Å²) in [6.07, 6.45) is 46.8. The zero-order chi connectivity index (χ0) is 24.8. The Kier molecular flexibility index (Phi) is 27.2. The molecular weight excluding hydrogens is 416 g/mol. The number of unbranched alkanes of at least 4 members (excludes halogenated alkanes) is 10. The molecule has 0 bridgehead atoms. The molecule has 0 fully saturated rings. The number of allylic oxidation sites excluding steroid dienone is 12. The molecule has 0 atom stereocenters. The Bertz CT molecular complexity index is 605. The molecule has 0 aromatic heterocycles. The first-order valence-electron chi connectivity index (χ1n) is 13.9. The maximum atomic E-state index is 10.3. The van der Waals surface area contributed by atoms with Gasteiger partial charge in [0.2, 0.25) is 0 Å². The largest absolute Gasteiger partial charge is 0.550 e. The molecule has 0 amide bonds. The van der Waals surface area contributed by atoms with Gasteiger partial charge in [0.1, 0.15) is 0 Å². The van der Waals surface area contributed by atoms with Crippen molar-refractivity contribution in [2.24, 2.45) is 0 Å². The molecule has 0 heterocycles. The van der Waals surface area contributed by atoms with E-state index in [4.69, 9.17) is 0 Å². The molecule has 2 nitrogen and oxygen atoms in total. The molecular formula is C32H51O2-. The summed E-state index contributed by atoms with van der Waals surface area (Å²) < 4.78 is 0. The van der Waals surface area contributed by atoms with Gasteiger partial charge in [-0.05, 0) is 64.2 Å². The van der Waals surface area contributed by atoms with E-state index in [2.05, 4.69) is 79.8 Å². The van der Waals surface area contributed by atoms with E-state index in [1.54, 1.807) is 0 Å². The fourth-order valence-corrected chi connectivity index (χ4v) is 3.59. The van der Waals surface area contributed by atoms with E-state index in [0.717, 1.165) is 57.8 Å². The zero-order valence-corrected chi connectivity index (χ0v) is 22.0. The van der Waals surface area contributed by atoms with Crippen LogP contribution in [0.15, 0.2) is 72.9 Å². The van der Waals surface area contributed by atoms with Crippen LogP contribution in [0.2, 0.25) is 0 Å². The molecule has 0 unspecified atom stereocenters. The first-order chi connectivity index (χ1) is 16.8. The lowest BCUT2D eigenvalue weighted by molar-refractivity contribution is -0.305. The third kappa shape index (κ3) is 29.9. The minimum absolute atomic E-state index is 0.219. The highest BCUT2D eigenvalue weighted by atomic mass is 16.4. The molecule has 0 aliphatic heterocycles. The fraction of sp³-hybridized carbons (Fsp3) is 0.594. The summed E-state index contributed by atoms with van der Waals surface area (Å²) in [6, 6.07) is 0. The zero-order valence-electron chi connectivity index (χ0n) is 22.0. The van der Waals surface area contributed by atoms with Gasteiger partial charge in [0, 0.05) is 5.97 Å². The lowest BCUT2D eigenvalue weighted by Crippen LogP contribution is -2.21. The van der Waals surface area contributed by atoms with Crippen molar-refractivity contribution in [1.82, 2.24) is 0 Å². The molecule has 0 rings (SSSR count). The van der Waals surface area contributed by atoms with Crippen molar-refractivity contribution < 1.29 is 9.90 Å². The first kappa shape index (κ1) is 31.9. The Balaban J connectivity index is 3.36. The molecule has 0 aliphatic rings. The van der Waals surface area contributed by atoms with Crippen molar-refractivity contribution in [3.63, 3.8) is 0 Å². The maximum Gasteiger partial charge on any atom is 0.0414 e. The van der Waals surface area contributed by atoms with E-state index in [1.165, 1.54) is 51.4 Å². The second-order valence-electron chi connectivity index (χ2n) is 8.86. The molecule has 0 N–H and O–H groups in total. The van der Waals surface area contributed by atoms with Crippen molar-refractivity contribution in [3.05, 3.63) is 72.9 Å². The summed E-state index contributed by atoms with van der Waals surface area (Å²) in [6.45, 7) is 2.16. The van der Waals surface area contributed by atoms with Gasteiger partial charge in [-0.25, -0.2) is 0 Å². The van der Waals surface area contributed by atoms with Crippen LogP contribution in [0.25, 0.3) is 0 Å². The number of carboxylic acid groups (broad SMARTS) is 1. The Morgan fingerprint density at radius 2 is 0.794 bits per heavy atom. The van der Waals surface area contributed by atoms with Gasteiger partial charge in [-0.15, -0.1) is 0 Å². The fourth-order valence-electron chi connectivity index (χ4n) is 3.59. The molecule has 0 radical (unpaired) electrons. The minimum Gasteiger partial charge on any atom is -0.550 e. The monoisotopic (exact) mass is 467 g/mol. The second-order valence-corrected chi connectivity index (χ2v) is 8.86. The van der Waals surface area contributed by atoms with Crippen LogP contribution in [0.1, 0.15) is 122 Å². The molecule has 0 aliphatic carbocycles. The van der Waals surface area contributed by atoms with Gasteiger partial charge in [0.15, 0.2) is 0 Å². The third-order valence-corrected chi connectivity index (χ3v) is 5.60. The van der Waals surface area contributed by atoms with Crippen LogP contribution in [0.3, 0.4) is 0 Å². The van der Waals surface area contributed by atoms with Gasteiger partial charge in [-0.1, -0.05) is 131 Å². The van der Waals surface area contributed by atoms with E-state index < -0.39 is 5.97 Å². The van der Waals surface area contributed by atoms with E-state index in [1.807, 2.05) is 0 Å². The predicted octanol–water partition coefficient (Wildman–Crippen LogP) is 9.12. The van der Waals surface area contributed by atoms with Gasteiger partial charge in [0.25, 0.3) is 0 Å². The molecule has 0 spiro atoms. The summed E-state index contributed by atoms with van der Waals surface area (Å²) in [4.78, 5) is 10.3. The molecule has 0 saturated heterocycles. The van der Waals surface area contributed by atoms with Crippen molar-refractivity contribution >= 4 is 5.97 Å². The van der Waals surface area contributed by atoms with Crippen LogP contribution in [0.5, 0.6) is 0 Å². The highest BCUT2D eigenvalue weighted by Crippen LogP contribution is 2.12. The average Bonchev–Trinajstić information content (AvgIpc) is 2.83. The smallest absolute Gasteiger partial charge is 0.0414 e. The summed E-state index contributed by atoms with van der Waals surface area (Å²) in [7, 11) is 0. The molecule has 2 heteroatoms.